The van der Waals surface area contributed by atoms with Crippen molar-refractivity contribution < 1.29 is 0 Å². The van der Waals surface area contributed by atoms with Gasteiger partial charge in [-0.15, -0.1) is 12.3 Å². The van der Waals surface area contributed by atoms with Gasteiger partial charge in [0.15, 0.2) is 0 Å². The zero-order valence-corrected chi connectivity index (χ0v) is 10.8. The molecule has 1 nitrogen and oxygen atoms in total. The molecule has 15 heavy (non-hydrogen) atoms. The topological polar surface area (TPSA) is 3.24 Å². The zero-order valence-electron chi connectivity index (χ0n) is 10.8. The van der Waals surface area contributed by atoms with Gasteiger partial charge in [0.25, 0.3) is 0 Å². The lowest BCUT2D eigenvalue weighted by atomic mass is 10.1. The van der Waals surface area contributed by atoms with Crippen LogP contribution in [0.2, 0.25) is 0 Å². The van der Waals surface area contributed by atoms with E-state index in [2.05, 4.69) is 31.6 Å². The van der Waals surface area contributed by atoms with Gasteiger partial charge in [-0.2, -0.15) is 0 Å². The van der Waals surface area contributed by atoms with Crippen LogP contribution in [0.5, 0.6) is 0 Å². The van der Waals surface area contributed by atoms with Crippen LogP contribution < -0.4 is 0 Å². The molecule has 0 fully saturated rings. The van der Waals surface area contributed by atoms with Gasteiger partial charge in [-0.05, 0) is 32.4 Å². The van der Waals surface area contributed by atoms with E-state index in [-0.39, 0.29) is 0 Å². The second-order valence-corrected chi connectivity index (χ2v) is 4.21. The van der Waals surface area contributed by atoms with Crippen molar-refractivity contribution in [2.75, 3.05) is 13.1 Å². The summed E-state index contributed by atoms with van der Waals surface area (Å²) in [6, 6.07) is 0.605. The SMILES string of the molecule is C#CCC(CC)N(CCCC)CCCC. The quantitative estimate of drug-likeness (QED) is 0.523. The fraction of sp³-hybridized carbons (Fsp3) is 0.857. The van der Waals surface area contributed by atoms with E-state index in [0.29, 0.717) is 6.04 Å². The van der Waals surface area contributed by atoms with Crippen LogP contribution in [-0.4, -0.2) is 24.0 Å². The van der Waals surface area contributed by atoms with Crippen LogP contribution in [0.15, 0.2) is 0 Å². The fourth-order valence-corrected chi connectivity index (χ4v) is 1.87. The smallest absolute Gasteiger partial charge is 0.0242 e. The molecule has 1 unspecified atom stereocenters. The van der Waals surface area contributed by atoms with E-state index < -0.39 is 0 Å². The van der Waals surface area contributed by atoms with Gasteiger partial charge >= 0.3 is 0 Å². The van der Waals surface area contributed by atoms with Crippen molar-refractivity contribution in [1.82, 2.24) is 4.90 Å². The molecule has 0 aliphatic rings. The van der Waals surface area contributed by atoms with Crippen molar-refractivity contribution in [3.8, 4) is 12.3 Å². The molecular weight excluding hydrogens is 182 g/mol. The summed E-state index contributed by atoms with van der Waals surface area (Å²) in [5.41, 5.74) is 0. The number of hydrogen-bond donors (Lipinski definition) is 0. The normalized spacial score (nSPS) is 12.7. The average Bonchev–Trinajstić information content (AvgIpc) is 2.27. The Morgan fingerprint density at radius 3 is 1.93 bits per heavy atom. The Bertz CT molecular complexity index is 161. The van der Waals surface area contributed by atoms with E-state index in [1.165, 1.54) is 45.2 Å². The Kier molecular flexibility index (Phi) is 9.73. The Labute approximate surface area is 96.2 Å². The summed E-state index contributed by atoms with van der Waals surface area (Å²) in [4.78, 5) is 2.59. The van der Waals surface area contributed by atoms with Crippen LogP contribution in [0.4, 0.5) is 0 Å². The summed E-state index contributed by atoms with van der Waals surface area (Å²) in [7, 11) is 0. The Morgan fingerprint density at radius 2 is 1.60 bits per heavy atom. The fourth-order valence-electron chi connectivity index (χ4n) is 1.87. The minimum Gasteiger partial charge on any atom is -0.299 e. The van der Waals surface area contributed by atoms with Gasteiger partial charge in [0.2, 0.25) is 0 Å². The Balaban J connectivity index is 4.10. The predicted molar refractivity (Wildman–Crippen MR) is 68.9 cm³/mol. The van der Waals surface area contributed by atoms with Crippen LogP contribution in [0, 0.1) is 12.3 Å². The molecule has 1 atom stereocenters. The molecule has 0 N–H and O–H groups in total. The molecule has 0 saturated carbocycles. The summed E-state index contributed by atoms with van der Waals surface area (Å²) in [6.45, 7) is 9.18. The third-order valence-corrected chi connectivity index (χ3v) is 2.94. The van der Waals surface area contributed by atoms with Gasteiger partial charge in [0.1, 0.15) is 0 Å². The maximum absolute atomic E-state index is 5.42. The first-order chi connectivity index (χ1) is 7.29. The van der Waals surface area contributed by atoms with Crippen LogP contribution in [-0.2, 0) is 0 Å². The van der Waals surface area contributed by atoms with Crippen LogP contribution >= 0.6 is 0 Å². The van der Waals surface area contributed by atoms with Crippen molar-refractivity contribution in [2.45, 2.75) is 65.3 Å². The molecule has 0 aromatic heterocycles. The second-order valence-electron chi connectivity index (χ2n) is 4.21. The number of rotatable bonds is 9. The third kappa shape index (κ3) is 6.57. The molecule has 0 amide bonds. The highest BCUT2D eigenvalue weighted by Gasteiger charge is 2.14. The molecule has 0 aromatic rings. The monoisotopic (exact) mass is 209 g/mol. The Morgan fingerprint density at radius 1 is 1.07 bits per heavy atom. The van der Waals surface area contributed by atoms with Gasteiger partial charge < -0.3 is 0 Å². The third-order valence-electron chi connectivity index (χ3n) is 2.94. The second kappa shape index (κ2) is 10.1. The molecular formula is C14H27N. The molecule has 0 rings (SSSR count). The molecule has 0 spiro atoms. The van der Waals surface area contributed by atoms with E-state index in [1.807, 2.05) is 0 Å². The molecule has 0 aromatic carbocycles. The first-order valence-corrected chi connectivity index (χ1v) is 6.47. The van der Waals surface area contributed by atoms with E-state index in [1.54, 1.807) is 0 Å². The van der Waals surface area contributed by atoms with E-state index in [0.717, 1.165) is 6.42 Å². The van der Waals surface area contributed by atoms with Gasteiger partial charge in [-0.25, -0.2) is 0 Å². The minimum absolute atomic E-state index is 0.605. The molecule has 0 aliphatic heterocycles. The zero-order chi connectivity index (χ0) is 11.5. The predicted octanol–water partition coefficient (Wildman–Crippen LogP) is 3.69. The summed E-state index contributed by atoms with van der Waals surface area (Å²) in [5.74, 6) is 2.81. The first kappa shape index (κ1) is 14.5. The minimum atomic E-state index is 0.605. The molecule has 0 heterocycles. The lowest BCUT2D eigenvalue weighted by Crippen LogP contribution is -2.36. The van der Waals surface area contributed by atoms with Gasteiger partial charge in [0.05, 0.1) is 0 Å². The lowest BCUT2D eigenvalue weighted by molar-refractivity contribution is 0.187. The molecule has 1 heteroatoms. The van der Waals surface area contributed by atoms with E-state index in [9.17, 15) is 0 Å². The van der Waals surface area contributed by atoms with Gasteiger partial charge in [0, 0.05) is 12.5 Å². The maximum Gasteiger partial charge on any atom is 0.0242 e. The van der Waals surface area contributed by atoms with Gasteiger partial charge in [-0.3, -0.25) is 4.90 Å². The van der Waals surface area contributed by atoms with Crippen molar-refractivity contribution >= 4 is 0 Å². The summed E-state index contributed by atoms with van der Waals surface area (Å²) >= 11 is 0. The highest BCUT2D eigenvalue weighted by molar-refractivity contribution is 4.90. The molecule has 0 bridgehead atoms. The first-order valence-electron chi connectivity index (χ1n) is 6.47. The van der Waals surface area contributed by atoms with E-state index in [4.69, 9.17) is 6.42 Å². The van der Waals surface area contributed by atoms with Crippen molar-refractivity contribution in [2.24, 2.45) is 0 Å². The van der Waals surface area contributed by atoms with Crippen molar-refractivity contribution in [3.05, 3.63) is 0 Å². The summed E-state index contributed by atoms with van der Waals surface area (Å²) in [5, 5.41) is 0. The van der Waals surface area contributed by atoms with Crippen molar-refractivity contribution in [3.63, 3.8) is 0 Å². The van der Waals surface area contributed by atoms with Crippen LogP contribution in [0.3, 0.4) is 0 Å². The lowest BCUT2D eigenvalue weighted by Gasteiger charge is -2.29. The number of hydrogen-bond acceptors (Lipinski definition) is 1. The number of unbranched alkanes of at least 4 members (excludes halogenated alkanes) is 2. The Hall–Kier alpha value is -0.480. The standard InChI is InChI=1S/C14H27N/c1-5-9-12-15(13-10-6-2)14(8-4)11-7-3/h3,14H,5-6,8-13H2,1-2,4H3. The highest BCUT2D eigenvalue weighted by atomic mass is 15.1. The maximum atomic E-state index is 5.42. The summed E-state index contributed by atoms with van der Waals surface area (Å²) < 4.78 is 0. The van der Waals surface area contributed by atoms with Crippen LogP contribution in [0.1, 0.15) is 59.3 Å². The number of terminal acetylenes is 1. The summed E-state index contributed by atoms with van der Waals surface area (Å²) in [6.07, 6.45) is 12.6. The average molecular weight is 209 g/mol. The largest absolute Gasteiger partial charge is 0.299 e. The van der Waals surface area contributed by atoms with Gasteiger partial charge in [-0.1, -0.05) is 33.6 Å². The molecule has 0 aliphatic carbocycles. The van der Waals surface area contributed by atoms with Crippen LogP contribution in [0.25, 0.3) is 0 Å². The molecule has 88 valence electrons. The number of nitrogens with zero attached hydrogens (tertiary/aromatic N) is 1. The molecule has 0 radical (unpaired) electrons. The van der Waals surface area contributed by atoms with Crippen molar-refractivity contribution in [1.29, 1.82) is 0 Å². The van der Waals surface area contributed by atoms with E-state index >= 15 is 0 Å². The highest BCUT2D eigenvalue weighted by Crippen LogP contribution is 2.11. The molecule has 0 saturated heterocycles.